The minimum absolute atomic E-state index is 0.0171. The molecule has 1 saturated heterocycles. The minimum atomic E-state index is -1.24. The van der Waals surface area contributed by atoms with E-state index in [1.54, 1.807) is 59.9 Å². The van der Waals surface area contributed by atoms with Crippen LogP contribution in [-0.4, -0.2) is 80.5 Å². The lowest BCUT2D eigenvalue weighted by atomic mass is 9.85. The van der Waals surface area contributed by atoms with Crippen LogP contribution in [0.15, 0.2) is 78.3 Å². The molecule has 0 unspecified atom stereocenters. The van der Waals surface area contributed by atoms with Crippen molar-refractivity contribution in [2.24, 2.45) is 5.41 Å². The third-order valence-corrected chi connectivity index (χ3v) is 12.1. The van der Waals surface area contributed by atoms with E-state index >= 15 is 0 Å². The number of β-amino-alcohol motifs (C(OH)–C–C–N with tert-alkyl or cyclic N) is 1. The van der Waals surface area contributed by atoms with Gasteiger partial charge in [0.2, 0.25) is 23.6 Å². The Balaban J connectivity index is 0.943. The molecule has 3 aromatic carbocycles. The molecule has 0 saturated carbocycles. The number of thiazole rings is 1. The number of carbonyl (C=O) groups is 6. The molecule has 0 aliphatic carbocycles. The highest BCUT2D eigenvalue weighted by Crippen LogP contribution is 2.29. The van der Waals surface area contributed by atoms with E-state index in [1.165, 1.54) is 4.90 Å². The molecule has 4 aromatic rings. The summed E-state index contributed by atoms with van der Waals surface area (Å²) in [5, 5.41) is 33.3. The van der Waals surface area contributed by atoms with Crippen molar-refractivity contribution in [3.8, 4) is 10.4 Å². The zero-order valence-corrected chi connectivity index (χ0v) is 37.9. The largest absolute Gasteiger partial charge is 0.465 e. The zero-order valence-electron chi connectivity index (χ0n) is 37.1. The molecule has 1 aliphatic rings. The summed E-state index contributed by atoms with van der Waals surface area (Å²) in [7, 11) is 0. The van der Waals surface area contributed by atoms with Crippen molar-refractivity contribution < 1.29 is 39.0 Å². The number of aliphatic hydroxyl groups is 1. The maximum Gasteiger partial charge on any atom is 0.409 e. The lowest BCUT2D eigenvalue weighted by Gasteiger charge is -2.35. The molecule has 342 valence electrons. The van der Waals surface area contributed by atoms with Crippen LogP contribution in [0.2, 0.25) is 0 Å². The Morgan fingerprint density at radius 2 is 1.38 bits per heavy atom. The van der Waals surface area contributed by atoms with Crippen LogP contribution in [0.25, 0.3) is 10.4 Å². The van der Waals surface area contributed by atoms with Gasteiger partial charge in [0.25, 0.3) is 5.91 Å². The number of carbonyl (C=O) groups excluding carboxylic acids is 5. The maximum absolute atomic E-state index is 14.0. The number of aryl methyl sites for hydroxylation is 1. The van der Waals surface area contributed by atoms with Gasteiger partial charge in [-0.25, -0.2) is 9.78 Å². The smallest absolute Gasteiger partial charge is 0.409 e. The number of rotatable bonds is 21. The predicted molar refractivity (Wildman–Crippen MR) is 249 cm³/mol. The van der Waals surface area contributed by atoms with E-state index in [0.717, 1.165) is 66.6 Å². The first-order chi connectivity index (χ1) is 30.6. The first kappa shape index (κ1) is 48.9. The molecule has 15 nitrogen and oxygen atoms in total. The van der Waals surface area contributed by atoms with E-state index in [0.29, 0.717) is 29.8 Å². The summed E-state index contributed by atoms with van der Waals surface area (Å²) >= 11 is 1.57. The molecule has 1 aliphatic heterocycles. The number of amides is 6. The summed E-state index contributed by atoms with van der Waals surface area (Å²) < 4.78 is 0. The Bertz CT molecular complexity index is 2220. The van der Waals surface area contributed by atoms with E-state index < -0.39 is 35.6 Å². The molecule has 6 amide bonds. The lowest BCUT2D eigenvalue weighted by molar-refractivity contribution is -0.144. The third kappa shape index (κ3) is 14.7. The third-order valence-electron chi connectivity index (χ3n) is 11.1. The number of carboxylic acid groups (broad SMARTS) is 1. The van der Waals surface area contributed by atoms with Crippen molar-refractivity contribution in [2.75, 3.05) is 22.5 Å². The van der Waals surface area contributed by atoms with Gasteiger partial charge in [-0.15, -0.1) is 11.3 Å². The van der Waals surface area contributed by atoms with Crippen molar-refractivity contribution in [2.45, 2.75) is 123 Å². The van der Waals surface area contributed by atoms with Gasteiger partial charge in [-0.2, -0.15) is 0 Å². The van der Waals surface area contributed by atoms with Gasteiger partial charge in [-0.3, -0.25) is 29.3 Å². The van der Waals surface area contributed by atoms with Crippen molar-refractivity contribution in [3.63, 3.8) is 0 Å². The van der Waals surface area contributed by atoms with Crippen molar-refractivity contribution in [3.05, 3.63) is 95.1 Å². The van der Waals surface area contributed by atoms with Gasteiger partial charge in [0.05, 0.1) is 33.6 Å². The molecule has 7 N–H and O–H groups in total. The van der Waals surface area contributed by atoms with Crippen LogP contribution in [0.5, 0.6) is 0 Å². The average Bonchev–Trinajstić information content (AvgIpc) is 3.87. The number of aliphatic hydroxyl groups excluding tert-OH is 1. The molecule has 64 heavy (non-hydrogen) atoms. The Morgan fingerprint density at radius 3 is 1.95 bits per heavy atom. The number of unbranched alkanes of at least 4 members (excludes halogenated alkanes) is 7. The summed E-state index contributed by atoms with van der Waals surface area (Å²) in [4.78, 5) is 83.6. The predicted octanol–water partition coefficient (Wildman–Crippen LogP) is 8.11. The standard InChI is InChI=1S/C48H61N7O8S/c1-31-42(64-30-50-31)33-21-19-32(20-22-33)28-49-45(60)39-27-36(56)29-55(39)46(61)43(48(2,3)4)54-41(58)18-12-10-8-6-5-7-9-11-17-40(57)51-35-25-23-34(24-26-35)44(59)52-37-15-13-14-16-38(37)53-47(62)63/h13-16,19-26,30,36,39,43,53,56H,5-12,17-18,27-29H2,1-4H3,(H,49,60)(H,51,57)(H,52,59)(H,54,58)(H,62,63)/t36-,39-,43+/m0/s1. The summed E-state index contributed by atoms with van der Waals surface area (Å²) in [6.45, 7) is 7.88. The highest BCUT2D eigenvalue weighted by atomic mass is 32.1. The van der Waals surface area contributed by atoms with Crippen molar-refractivity contribution >= 4 is 64.0 Å². The number of aromatic nitrogens is 1. The molecule has 5 rings (SSSR count). The highest BCUT2D eigenvalue weighted by molar-refractivity contribution is 7.13. The molecule has 16 heteroatoms. The number of nitrogens with one attached hydrogen (secondary N) is 5. The second kappa shape index (κ2) is 23.5. The maximum atomic E-state index is 14.0. The van der Waals surface area contributed by atoms with Crippen LogP contribution in [0.3, 0.4) is 0 Å². The molecule has 0 radical (unpaired) electrons. The topological polar surface area (TPSA) is 219 Å². The van der Waals surface area contributed by atoms with E-state index in [2.05, 4.69) is 31.6 Å². The van der Waals surface area contributed by atoms with Crippen LogP contribution in [0, 0.1) is 12.3 Å². The zero-order chi connectivity index (χ0) is 46.2. The summed E-state index contributed by atoms with van der Waals surface area (Å²) in [5.74, 6) is -1.48. The quantitative estimate of drug-likeness (QED) is 0.0401. The molecule has 3 atom stereocenters. The Morgan fingerprint density at radius 1 is 0.781 bits per heavy atom. The molecule has 1 aromatic heterocycles. The number of likely N-dealkylation sites (tertiary alicyclic amines) is 1. The van der Waals surface area contributed by atoms with Crippen LogP contribution >= 0.6 is 11.3 Å². The van der Waals surface area contributed by atoms with E-state index in [-0.39, 0.29) is 55.2 Å². The van der Waals surface area contributed by atoms with Gasteiger partial charge in [0.1, 0.15) is 12.1 Å². The number of hydrogen-bond donors (Lipinski definition) is 7. The van der Waals surface area contributed by atoms with Gasteiger partial charge in [-0.05, 0) is 72.7 Å². The van der Waals surface area contributed by atoms with Crippen LogP contribution < -0.4 is 26.6 Å². The minimum Gasteiger partial charge on any atom is -0.465 e. The SMILES string of the molecule is Cc1ncsc1-c1ccc(CNC(=O)[C@@H]2C[C@H](O)CN2C(=O)[C@@H](NC(=O)CCCCCCCCCCC(=O)Nc2ccc(C(=O)Nc3ccccc3NC(=O)O)cc2)C(C)(C)C)cc1. The number of para-hydroxylation sites is 2. The summed E-state index contributed by atoms with van der Waals surface area (Å²) in [6.07, 6.45) is 5.88. The normalized spacial score (nSPS) is 15.2. The first-order valence-corrected chi connectivity index (χ1v) is 22.8. The van der Waals surface area contributed by atoms with Crippen LogP contribution in [0.4, 0.5) is 21.9 Å². The first-order valence-electron chi connectivity index (χ1n) is 21.9. The molecule has 2 heterocycles. The molecule has 0 bridgehead atoms. The fourth-order valence-electron chi connectivity index (χ4n) is 7.58. The van der Waals surface area contributed by atoms with E-state index in [9.17, 15) is 33.9 Å². The van der Waals surface area contributed by atoms with E-state index in [4.69, 9.17) is 5.11 Å². The fraction of sp³-hybridized carbons (Fsp3) is 0.438. The van der Waals surface area contributed by atoms with Gasteiger partial charge >= 0.3 is 6.09 Å². The number of nitrogens with zero attached hydrogens (tertiary/aromatic N) is 2. The molecule has 0 spiro atoms. The van der Waals surface area contributed by atoms with Gasteiger partial charge < -0.3 is 36.4 Å². The second-order valence-corrected chi connectivity index (χ2v) is 18.2. The highest BCUT2D eigenvalue weighted by Gasteiger charge is 2.44. The van der Waals surface area contributed by atoms with Crippen molar-refractivity contribution in [1.82, 2.24) is 20.5 Å². The van der Waals surface area contributed by atoms with Crippen LogP contribution in [0.1, 0.15) is 113 Å². The summed E-state index contributed by atoms with van der Waals surface area (Å²) in [5.41, 5.74) is 5.60. The monoisotopic (exact) mass is 895 g/mol. The van der Waals surface area contributed by atoms with Crippen LogP contribution in [-0.2, 0) is 25.7 Å². The number of hydrogen-bond acceptors (Lipinski definition) is 9. The Kier molecular flexibility index (Phi) is 18.0. The molecule has 1 fully saturated rings. The van der Waals surface area contributed by atoms with Gasteiger partial charge in [-0.1, -0.05) is 95.7 Å². The van der Waals surface area contributed by atoms with Gasteiger partial charge in [0.15, 0.2) is 0 Å². The number of benzene rings is 3. The Labute approximate surface area is 378 Å². The van der Waals surface area contributed by atoms with Crippen molar-refractivity contribution in [1.29, 1.82) is 0 Å². The summed E-state index contributed by atoms with van der Waals surface area (Å²) in [6, 6.07) is 19.1. The van der Waals surface area contributed by atoms with Gasteiger partial charge in [0, 0.05) is 43.6 Å². The lowest BCUT2D eigenvalue weighted by Crippen LogP contribution is -2.57. The van der Waals surface area contributed by atoms with E-state index in [1.807, 2.05) is 57.5 Å². The molecular formula is C48H61N7O8S. The molecular weight excluding hydrogens is 835 g/mol. The Hall–Kier alpha value is -6.13. The second-order valence-electron chi connectivity index (χ2n) is 17.3. The number of anilines is 3. The average molecular weight is 896 g/mol. The fourth-order valence-corrected chi connectivity index (χ4v) is 8.40.